The molecule has 0 amide bonds. The highest BCUT2D eigenvalue weighted by Crippen LogP contribution is 2.23. The largest absolute Gasteiger partial charge is 0.309 e. The van der Waals surface area contributed by atoms with Gasteiger partial charge in [0.1, 0.15) is 5.82 Å². The van der Waals surface area contributed by atoms with Gasteiger partial charge in [-0.25, -0.2) is 4.39 Å². The molecule has 19 heavy (non-hydrogen) atoms. The summed E-state index contributed by atoms with van der Waals surface area (Å²) in [4.78, 5) is 2.33. The smallest absolute Gasteiger partial charge is 0.127 e. The fourth-order valence-electron chi connectivity index (χ4n) is 2.52. The van der Waals surface area contributed by atoms with Gasteiger partial charge in [-0.1, -0.05) is 18.5 Å². The molecule has 2 atom stereocenters. The molecule has 1 aromatic carbocycles. The molecule has 0 bridgehead atoms. The Morgan fingerprint density at radius 3 is 2.95 bits per heavy atom. The third-order valence-electron chi connectivity index (χ3n) is 4.16. The number of nitrogens with zero attached hydrogens (tertiary/aromatic N) is 1. The van der Waals surface area contributed by atoms with E-state index in [0.29, 0.717) is 23.2 Å². The maximum absolute atomic E-state index is 13.8. The summed E-state index contributed by atoms with van der Waals surface area (Å²) in [5.41, 5.74) is 0.793. The van der Waals surface area contributed by atoms with Gasteiger partial charge in [-0.05, 0) is 38.5 Å². The fourth-order valence-corrected chi connectivity index (χ4v) is 2.71. The first-order valence-corrected chi connectivity index (χ1v) is 7.24. The lowest BCUT2D eigenvalue weighted by molar-refractivity contribution is 0.0856. The summed E-state index contributed by atoms with van der Waals surface area (Å²) >= 11 is 5.96. The van der Waals surface area contributed by atoms with Crippen LogP contribution >= 0.6 is 11.6 Å². The number of benzene rings is 1. The zero-order valence-corrected chi connectivity index (χ0v) is 12.6. The van der Waals surface area contributed by atoms with Gasteiger partial charge >= 0.3 is 0 Å². The Kier molecular flexibility index (Phi) is 4.49. The van der Waals surface area contributed by atoms with E-state index in [4.69, 9.17) is 11.6 Å². The van der Waals surface area contributed by atoms with E-state index in [-0.39, 0.29) is 11.4 Å². The monoisotopic (exact) mass is 284 g/mol. The van der Waals surface area contributed by atoms with Gasteiger partial charge in [-0.2, -0.15) is 0 Å². The molecule has 4 heteroatoms. The molecule has 2 unspecified atom stereocenters. The molecule has 1 N–H and O–H groups in total. The predicted octanol–water partition coefficient (Wildman–Crippen LogP) is 3.44. The first-order chi connectivity index (χ1) is 8.93. The fraction of sp³-hybridized carbons (Fsp3) is 0.600. The number of hydrogen-bond donors (Lipinski definition) is 1. The molecule has 2 nitrogen and oxygen atoms in total. The summed E-state index contributed by atoms with van der Waals surface area (Å²) < 4.78 is 13.8. The second-order valence-electron chi connectivity index (χ2n) is 5.78. The molecule has 0 saturated carbocycles. The third kappa shape index (κ3) is 3.47. The normalized spacial score (nSPS) is 28.6. The molecule has 1 aliphatic heterocycles. The number of halogens is 2. The van der Waals surface area contributed by atoms with Crippen LogP contribution in [0.5, 0.6) is 0 Å². The van der Waals surface area contributed by atoms with Crippen molar-refractivity contribution in [3.8, 4) is 0 Å². The summed E-state index contributed by atoms with van der Waals surface area (Å²) in [5, 5.41) is 4.17. The Labute approximate surface area is 119 Å². The number of nitrogens with one attached hydrogen (secondary N) is 1. The van der Waals surface area contributed by atoms with Crippen LogP contribution in [0.3, 0.4) is 0 Å². The van der Waals surface area contributed by atoms with Crippen molar-refractivity contribution in [1.82, 2.24) is 10.2 Å². The minimum atomic E-state index is -0.173. The minimum absolute atomic E-state index is 0.113. The van der Waals surface area contributed by atoms with E-state index in [1.807, 2.05) is 0 Å². The maximum atomic E-state index is 13.8. The van der Waals surface area contributed by atoms with E-state index in [0.717, 1.165) is 19.5 Å². The average Bonchev–Trinajstić information content (AvgIpc) is 2.38. The first kappa shape index (κ1) is 14.8. The van der Waals surface area contributed by atoms with Crippen LogP contribution in [0.2, 0.25) is 5.02 Å². The molecule has 1 fully saturated rings. The summed E-state index contributed by atoms with van der Waals surface area (Å²) in [6.45, 7) is 9.06. The van der Waals surface area contributed by atoms with Crippen molar-refractivity contribution in [2.24, 2.45) is 0 Å². The Bertz CT molecular complexity index is 452. The second kappa shape index (κ2) is 5.78. The van der Waals surface area contributed by atoms with Gasteiger partial charge in [0.25, 0.3) is 0 Å². The van der Waals surface area contributed by atoms with Gasteiger partial charge in [-0.15, -0.1) is 0 Å². The standard InChI is InChI=1S/C15H22ClFN2/c1-4-15(3)10-19(11(2)8-18-15)9-12-7-13(16)5-6-14(12)17/h5-7,11,18H,4,8-10H2,1-3H3. The van der Waals surface area contributed by atoms with Crippen molar-refractivity contribution >= 4 is 11.6 Å². The summed E-state index contributed by atoms with van der Waals surface area (Å²) in [6, 6.07) is 5.17. The molecular weight excluding hydrogens is 263 g/mol. The van der Waals surface area contributed by atoms with Crippen molar-refractivity contribution in [2.45, 2.75) is 45.3 Å². The molecule has 0 spiro atoms. The molecule has 1 saturated heterocycles. The van der Waals surface area contributed by atoms with Crippen LogP contribution in [-0.4, -0.2) is 29.6 Å². The van der Waals surface area contributed by atoms with Crippen molar-refractivity contribution in [1.29, 1.82) is 0 Å². The average molecular weight is 285 g/mol. The third-order valence-corrected chi connectivity index (χ3v) is 4.40. The molecule has 1 heterocycles. The van der Waals surface area contributed by atoms with Crippen molar-refractivity contribution in [3.63, 3.8) is 0 Å². The molecule has 0 aliphatic carbocycles. The van der Waals surface area contributed by atoms with Crippen LogP contribution in [0, 0.1) is 5.82 Å². The summed E-state index contributed by atoms with van der Waals surface area (Å²) in [7, 11) is 0. The van der Waals surface area contributed by atoms with E-state index >= 15 is 0 Å². The van der Waals surface area contributed by atoms with Crippen molar-refractivity contribution in [2.75, 3.05) is 13.1 Å². The van der Waals surface area contributed by atoms with E-state index in [2.05, 4.69) is 31.0 Å². The Hall–Kier alpha value is -0.640. The van der Waals surface area contributed by atoms with Crippen LogP contribution in [-0.2, 0) is 6.54 Å². The molecule has 1 aliphatic rings. The number of rotatable bonds is 3. The maximum Gasteiger partial charge on any atom is 0.127 e. The van der Waals surface area contributed by atoms with Crippen LogP contribution in [0.25, 0.3) is 0 Å². The highest BCUT2D eigenvalue weighted by molar-refractivity contribution is 6.30. The van der Waals surface area contributed by atoms with Crippen molar-refractivity contribution < 1.29 is 4.39 Å². The first-order valence-electron chi connectivity index (χ1n) is 6.86. The minimum Gasteiger partial charge on any atom is -0.309 e. The number of hydrogen-bond acceptors (Lipinski definition) is 2. The Morgan fingerprint density at radius 1 is 1.53 bits per heavy atom. The highest BCUT2D eigenvalue weighted by Gasteiger charge is 2.32. The van der Waals surface area contributed by atoms with Crippen molar-refractivity contribution in [3.05, 3.63) is 34.6 Å². The summed E-state index contributed by atoms with van der Waals surface area (Å²) in [6.07, 6.45) is 1.06. The van der Waals surface area contributed by atoms with Gasteiger partial charge in [0.2, 0.25) is 0 Å². The SMILES string of the molecule is CCC1(C)CN(Cc2cc(Cl)ccc2F)C(C)CN1. The lowest BCUT2D eigenvalue weighted by atomic mass is 9.93. The van der Waals surface area contributed by atoms with E-state index in [1.54, 1.807) is 12.1 Å². The molecule has 0 radical (unpaired) electrons. The van der Waals surface area contributed by atoms with Crippen LogP contribution < -0.4 is 5.32 Å². The Balaban J connectivity index is 2.14. The predicted molar refractivity (Wildman–Crippen MR) is 78.0 cm³/mol. The summed E-state index contributed by atoms with van der Waals surface area (Å²) in [5.74, 6) is -0.173. The van der Waals surface area contributed by atoms with E-state index < -0.39 is 0 Å². The quantitative estimate of drug-likeness (QED) is 0.915. The highest BCUT2D eigenvalue weighted by atomic mass is 35.5. The molecule has 1 aromatic rings. The van der Waals surface area contributed by atoms with E-state index in [1.165, 1.54) is 6.07 Å². The molecule has 2 rings (SSSR count). The van der Waals surface area contributed by atoms with Crippen LogP contribution in [0.1, 0.15) is 32.8 Å². The van der Waals surface area contributed by atoms with Crippen LogP contribution in [0.15, 0.2) is 18.2 Å². The van der Waals surface area contributed by atoms with Gasteiger partial charge < -0.3 is 5.32 Å². The zero-order valence-electron chi connectivity index (χ0n) is 11.8. The van der Waals surface area contributed by atoms with Gasteiger partial charge in [0.05, 0.1) is 0 Å². The Morgan fingerprint density at radius 2 is 2.26 bits per heavy atom. The molecular formula is C15H22ClFN2. The van der Waals surface area contributed by atoms with E-state index in [9.17, 15) is 4.39 Å². The topological polar surface area (TPSA) is 15.3 Å². The zero-order chi connectivity index (χ0) is 14.0. The van der Waals surface area contributed by atoms with Gasteiger partial charge in [0, 0.05) is 41.8 Å². The van der Waals surface area contributed by atoms with Gasteiger partial charge in [0.15, 0.2) is 0 Å². The van der Waals surface area contributed by atoms with Gasteiger partial charge in [-0.3, -0.25) is 4.90 Å². The number of piperazine rings is 1. The lowest BCUT2D eigenvalue weighted by Crippen LogP contribution is -2.61. The lowest BCUT2D eigenvalue weighted by Gasteiger charge is -2.45. The molecule has 0 aromatic heterocycles. The second-order valence-corrected chi connectivity index (χ2v) is 6.22. The van der Waals surface area contributed by atoms with Crippen LogP contribution in [0.4, 0.5) is 4.39 Å². The molecule has 106 valence electrons.